The molecule has 0 aromatic heterocycles. The largest absolute Gasteiger partial charge is 0.469 e. The summed E-state index contributed by atoms with van der Waals surface area (Å²) >= 11 is 2.31. The molecule has 3 nitrogen and oxygen atoms in total. The van der Waals surface area contributed by atoms with Crippen molar-refractivity contribution in [1.29, 1.82) is 0 Å². The molecule has 4 atom stereocenters. The third-order valence-corrected chi connectivity index (χ3v) is 6.36. The van der Waals surface area contributed by atoms with Crippen LogP contribution in [0, 0.1) is 9.49 Å². The number of rotatable bonds is 6. The lowest BCUT2D eigenvalue weighted by Gasteiger charge is -2.43. The summed E-state index contributed by atoms with van der Waals surface area (Å²) in [6, 6.07) is 9.28. The van der Waals surface area contributed by atoms with E-state index in [0.717, 1.165) is 32.2 Å². The molecule has 3 rings (SSSR count). The van der Waals surface area contributed by atoms with Crippen LogP contribution in [0.1, 0.15) is 43.6 Å². The highest BCUT2D eigenvalue weighted by atomic mass is 127. The SMILES string of the molecule is COC(=O)[C@H]1C(c2ccc(I)cc2)CC2CCC1N2CCCC[18F]. The first-order chi connectivity index (χ1) is 11.7. The van der Waals surface area contributed by atoms with Crippen LogP contribution in [0.15, 0.2) is 24.3 Å². The van der Waals surface area contributed by atoms with Crippen LogP contribution in [0.5, 0.6) is 0 Å². The molecule has 1 aromatic carbocycles. The maximum atomic E-state index is 12.6. The highest BCUT2D eigenvalue weighted by Crippen LogP contribution is 2.47. The van der Waals surface area contributed by atoms with E-state index in [-0.39, 0.29) is 30.5 Å². The summed E-state index contributed by atoms with van der Waals surface area (Å²) < 4.78 is 18.8. The van der Waals surface area contributed by atoms with Gasteiger partial charge in [0.15, 0.2) is 0 Å². The minimum Gasteiger partial charge on any atom is -0.469 e. The van der Waals surface area contributed by atoms with Crippen LogP contribution < -0.4 is 0 Å². The van der Waals surface area contributed by atoms with E-state index in [4.69, 9.17) is 4.74 Å². The molecule has 0 radical (unpaired) electrons. The van der Waals surface area contributed by atoms with Crippen molar-refractivity contribution in [3.63, 3.8) is 0 Å². The molecule has 1 aromatic rings. The normalized spacial score (nSPS) is 29.6. The van der Waals surface area contributed by atoms with Crippen LogP contribution in [0.25, 0.3) is 0 Å². The molecular formula is C19H25FINO2. The number of hydrogen-bond acceptors (Lipinski definition) is 3. The molecule has 3 unspecified atom stereocenters. The van der Waals surface area contributed by atoms with Gasteiger partial charge in [-0.3, -0.25) is 14.1 Å². The van der Waals surface area contributed by atoms with Crippen molar-refractivity contribution in [2.75, 3.05) is 20.3 Å². The zero-order chi connectivity index (χ0) is 17.1. The number of methoxy groups -OCH3 is 1. The van der Waals surface area contributed by atoms with Crippen LogP contribution in [0.3, 0.4) is 0 Å². The Morgan fingerprint density at radius 2 is 2.04 bits per heavy atom. The molecule has 5 heteroatoms. The molecule has 0 N–H and O–H groups in total. The Morgan fingerprint density at radius 1 is 1.29 bits per heavy atom. The fourth-order valence-electron chi connectivity index (χ4n) is 4.56. The van der Waals surface area contributed by atoms with Gasteiger partial charge >= 0.3 is 5.97 Å². The number of carbonyl (C=O) groups is 1. The Balaban J connectivity index is 1.83. The molecule has 2 aliphatic heterocycles. The fourth-order valence-corrected chi connectivity index (χ4v) is 4.92. The number of nitrogens with zero attached hydrogens (tertiary/aromatic N) is 1. The maximum Gasteiger partial charge on any atom is 0.310 e. The second-order valence-corrected chi connectivity index (χ2v) is 8.12. The molecule has 2 saturated heterocycles. The molecule has 2 fully saturated rings. The number of piperidine rings is 1. The van der Waals surface area contributed by atoms with Gasteiger partial charge in [0.25, 0.3) is 0 Å². The highest BCUT2D eigenvalue weighted by Gasteiger charge is 2.50. The second kappa shape index (κ2) is 8.13. The summed E-state index contributed by atoms with van der Waals surface area (Å²) in [7, 11) is 1.49. The number of unbranched alkanes of at least 4 members (excludes halogenated alkanes) is 1. The monoisotopic (exact) mass is 444 g/mol. The van der Waals surface area contributed by atoms with Gasteiger partial charge in [0.1, 0.15) is 0 Å². The number of carbonyl (C=O) groups excluding carboxylic acids is 1. The molecule has 0 amide bonds. The fraction of sp³-hybridized carbons (Fsp3) is 0.632. The Labute approximate surface area is 157 Å². The van der Waals surface area contributed by atoms with E-state index in [1.165, 1.54) is 16.2 Å². The van der Waals surface area contributed by atoms with Gasteiger partial charge in [-0.1, -0.05) is 12.1 Å². The molecule has 132 valence electrons. The summed E-state index contributed by atoms with van der Waals surface area (Å²) in [4.78, 5) is 15.0. The van der Waals surface area contributed by atoms with Crippen molar-refractivity contribution < 1.29 is 13.9 Å². The molecular weight excluding hydrogens is 419 g/mol. The van der Waals surface area contributed by atoms with E-state index in [2.05, 4.69) is 51.8 Å². The zero-order valence-corrected chi connectivity index (χ0v) is 16.2. The quantitative estimate of drug-likeness (QED) is 0.375. The Bertz CT molecular complexity index is 565. The third-order valence-electron chi connectivity index (χ3n) is 5.64. The lowest BCUT2D eigenvalue weighted by Crippen LogP contribution is -2.51. The van der Waals surface area contributed by atoms with Crippen LogP contribution in [0.4, 0.5) is 4.39 Å². The van der Waals surface area contributed by atoms with Crippen LogP contribution >= 0.6 is 22.6 Å². The van der Waals surface area contributed by atoms with Crippen LogP contribution in [-0.4, -0.2) is 43.3 Å². The number of alkyl halides is 1. The van der Waals surface area contributed by atoms with Gasteiger partial charge in [-0.15, -0.1) is 0 Å². The lowest BCUT2D eigenvalue weighted by molar-refractivity contribution is -0.150. The average molecular weight is 444 g/mol. The van der Waals surface area contributed by atoms with E-state index < -0.39 is 0 Å². The standard InChI is InChI=1S/C19H25FINO2/c1-24-19(23)18-16(13-4-6-14(21)7-5-13)12-15-8-9-17(18)22(15)11-3-2-10-20/h4-7,15-18H,2-3,8-12H2,1H3/t15?,16?,17?,18-/m0/s1/i20-1. The molecule has 0 spiro atoms. The highest BCUT2D eigenvalue weighted by molar-refractivity contribution is 14.1. The summed E-state index contributed by atoms with van der Waals surface area (Å²) in [5.41, 5.74) is 1.24. The van der Waals surface area contributed by atoms with E-state index >= 15 is 0 Å². The molecule has 2 heterocycles. The van der Waals surface area contributed by atoms with Crippen molar-refractivity contribution >= 4 is 28.6 Å². The number of esters is 1. The predicted molar refractivity (Wildman–Crippen MR) is 101 cm³/mol. The third kappa shape index (κ3) is 3.62. The Kier molecular flexibility index (Phi) is 6.13. The van der Waals surface area contributed by atoms with Gasteiger partial charge in [-0.2, -0.15) is 0 Å². The minimum absolute atomic E-state index is 0.0978. The maximum absolute atomic E-state index is 12.6. The average Bonchev–Trinajstić information content (AvgIpc) is 2.87. The van der Waals surface area contributed by atoms with Gasteiger partial charge in [-0.25, -0.2) is 0 Å². The predicted octanol–water partition coefficient (Wildman–Crippen LogP) is 4.15. The van der Waals surface area contributed by atoms with Gasteiger partial charge in [0.2, 0.25) is 0 Å². The van der Waals surface area contributed by atoms with E-state index in [0.29, 0.717) is 12.5 Å². The second-order valence-electron chi connectivity index (χ2n) is 6.88. The number of hydrogen-bond donors (Lipinski definition) is 0. The molecule has 24 heavy (non-hydrogen) atoms. The lowest BCUT2D eigenvalue weighted by atomic mass is 9.76. The van der Waals surface area contributed by atoms with Crippen LogP contribution in [-0.2, 0) is 9.53 Å². The smallest absolute Gasteiger partial charge is 0.310 e. The summed E-state index contributed by atoms with van der Waals surface area (Å²) in [6.07, 6.45) is 4.65. The van der Waals surface area contributed by atoms with Gasteiger partial charge < -0.3 is 4.74 Å². The number of halogens is 2. The first kappa shape index (κ1) is 18.1. The zero-order valence-electron chi connectivity index (χ0n) is 14.1. The van der Waals surface area contributed by atoms with Gasteiger partial charge in [-0.05, 0) is 78.9 Å². The van der Waals surface area contributed by atoms with Crippen molar-refractivity contribution in [2.24, 2.45) is 5.92 Å². The van der Waals surface area contributed by atoms with Crippen molar-refractivity contribution in [1.82, 2.24) is 4.90 Å². The van der Waals surface area contributed by atoms with Crippen molar-refractivity contribution in [3.05, 3.63) is 33.4 Å². The van der Waals surface area contributed by atoms with Crippen molar-refractivity contribution in [3.8, 4) is 0 Å². The Morgan fingerprint density at radius 3 is 2.71 bits per heavy atom. The van der Waals surface area contributed by atoms with E-state index in [1.807, 2.05) is 0 Å². The number of ether oxygens (including phenoxy) is 1. The minimum atomic E-state index is -0.255. The molecule has 2 bridgehead atoms. The summed E-state index contributed by atoms with van der Waals surface area (Å²) in [6.45, 7) is 0.640. The summed E-state index contributed by atoms with van der Waals surface area (Å²) in [5, 5.41) is 0. The molecule has 2 aliphatic rings. The van der Waals surface area contributed by atoms with Gasteiger partial charge in [0.05, 0.1) is 19.7 Å². The first-order valence-corrected chi connectivity index (χ1v) is 9.88. The first-order valence-electron chi connectivity index (χ1n) is 8.80. The Hall–Kier alpha value is -0.690. The number of benzene rings is 1. The number of fused-ring (bicyclic) bond motifs is 2. The van der Waals surface area contributed by atoms with Crippen molar-refractivity contribution in [2.45, 2.75) is 50.1 Å². The van der Waals surface area contributed by atoms with Gasteiger partial charge in [0, 0.05) is 21.6 Å². The summed E-state index contributed by atoms with van der Waals surface area (Å²) in [5.74, 6) is 0.0166. The van der Waals surface area contributed by atoms with E-state index in [9.17, 15) is 9.18 Å². The van der Waals surface area contributed by atoms with Crippen LogP contribution in [0.2, 0.25) is 0 Å². The molecule has 0 aliphatic carbocycles. The topological polar surface area (TPSA) is 29.5 Å². The molecule has 0 saturated carbocycles. The van der Waals surface area contributed by atoms with E-state index in [1.54, 1.807) is 0 Å².